The van der Waals surface area contributed by atoms with Crippen molar-refractivity contribution in [3.05, 3.63) is 33.9 Å². The molecular weight excluding hydrogens is 322 g/mol. The van der Waals surface area contributed by atoms with Crippen molar-refractivity contribution in [2.24, 2.45) is 0 Å². The molecule has 0 saturated carbocycles. The summed E-state index contributed by atoms with van der Waals surface area (Å²) in [6.45, 7) is 4.34. The number of fused-ring (bicyclic) bond motifs is 1. The van der Waals surface area contributed by atoms with E-state index in [0.717, 1.165) is 31.7 Å². The first-order chi connectivity index (χ1) is 12.0. The van der Waals surface area contributed by atoms with Gasteiger partial charge in [-0.25, -0.2) is 9.50 Å². The number of nitrogens with zero attached hydrogens (tertiary/aromatic N) is 4. The molecule has 25 heavy (non-hydrogen) atoms. The lowest BCUT2D eigenvalue weighted by atomic mass is 10.2. The van der Waals surface area contributed by atoms with E-state index in [2.05, 4.69) is 10.1 Å². The van der Waals surface area contributed by atoms with Crippen LogP contribution in [0.2, 0.25) is 0 Å². The van der Waals surface area contributed by atoms with Crippen LogP contribution in [0, 0.1) is 6.92 Å². The summed E-state index contributed by atoms with van der Waals surface area (Å²) in [5.74, 6) is -0.295. The molecule has 1 fully saturated rings. The molecule has 1 N–H and O–H groups in total. The summed E-state index contributed by atoms with van der Waals surface area (Å²) in [6.07, 6.45) is 3.37. The number of likely N-dealkylation sites (N-methyl/N-ethyl adjacent to an activating group) is 1. The lowest BCUT2D eigenvalue weighted by Gasteiger charge is -2.26. The molecule has 0 spiro atoms. The van der Waals surface area contributed by atoms with Crippen LogP contribution in [0.15, 0.2) is 17.1 Å². The summed E-state index contributed by atoms with van der Waals surface area (Å²) < 4.78 is 6.99. The molecule has 8 heteroatoms. The van der Waals surface area contributed by atoms with E-state index < -0.39 is 0 Å². The van der Waals surface area contributed by atoms with Crippen molar-refractivity contribution in [2.45, 2.75) is 25.9 Å². The molecule has 0 unspecified atom stereocenters. The average Bonchev–Trinajstić information content (AvgIpc) is 3.20. The molecule has 136 valence electrons. The highest BCUT2D eigenvalue weighted by molar-refractivity contribution is 5.93. The van der Waals surface area contributed by atoms with E-state index in [0.29, 0.717) is 18.7 Å². The second kappa shape index (κ2) is 7.37. The third kappa shape index (κ3) is 3.91. The summed E-state index contributed by atoms with van der Waals surface area (Å²) in [4.78, 5) is 33.6. The molecule has 1 atom stereocenters. The summed E-state index contributed by atoms with van der Waals surface area (Å²) in [7, 11) is 3.91. The van der Waals surface area contributed by atoms with E-state index in [1.807, 2.05) is 25.9 Å². The fraction of sp³-hybridized carbons (Fsp3) is 0.588. The highest BCUT2D eigenvalue weighted by atomic mass is 16.5. The van der Waals surface area contributed by atoms with Crippen molar-refractivity contribution in [1.29, 1.82) is 0 Å². The lowest BCUT2D eigenvalue weighted by molar-refractivity contribution is 0.0510. The van der Waals surface area contributed by atoms with Crippen molar-refractivity contribution in [3.63, 3.8) is 0 Å². The number of ether oxygens (including phenoxy) is 1. The van der Waals surface area contributed by atoms with Crippen LogP contribution in [-0.2, 0) is 4.74 Å². The van der Waals surface area contributed by atoms with Gasteiger partial charge in [-0.05, 0) is 33.9 Å². The van der Waals surface area contributed by atoms with Gasteiger partial charge in [-0.1, -0.05) is 0 Å². The predicted octanol–water partition coefficient (Wildman–Crippen LogP) is 0.514. The van der Waals surface area contributed by atoms with Crippen molar-refractivity contribution in [1.82, 2.24) is 24.4 Å². The number of hydrogen-bond donors (Lipinski definition) is 1. The lowest BCUT2D eigenvalue weighted by Crippen LogP contribution is -2.43. The maximum absolute atomic E-state index is 13.0. The molecule has 1 aliphatic heterocycles. The second-order valence-electron chi connectivity index (χ2n) is 6.80. The van der Waals surface area contributed by atoms with E-state index in [9.17, 15) is 9.59 Å². The van der Waals surface area contributed by atoms with Gasteiger partial charge in [0.1, 0.15) is 5.56 Å². The molecule has 0 aliphatic carbocycles. The smallest absolute Gasteiger partial charge is 0.285 e. The van der Waals surface area contributed by atoms with Gasteiger partial charge in [0, 0.05) is 44.2 Å². The molecule has 0 aromatic carbocycles. The Morgan fingerprint density at radius 1 is 1.44 bits per heavy atom. The van der Waals surface area contributed by atoms with Crippen molar-refractivity contribution >= 4 is 11.6 Å². The molecular formula is C17H25N5O3. The van der Waals surface area contributed by atoms with Crippen molar-refractivity contribution in [2.75, 3.05) is 40.3 Å². The first-order valence-corrected chi connectivity index (χ1v) is 8.58. The van der Waals surface area contributed by atoms with Gasteiger partial charge in [0.05, 0.1) is 6.10 Å². The number of aromatic nitrogens is 3. The number of H-pyrrole nitrogens is 1. The van der Waals surface area contributed by atoms with Gasteiger partial charge < -0.3 is 14.5 Å². The van der Waals surface area contributed by atoms with Crippen LogP contribution in [0.3, 0.4) is 0 Å². The van der Waals surface area contributed by atoms with E-state index in [1.165, 1.54) is 10.7 Å². The summed E-state index contributed by atoms with van der Waals surface area (Å²) >= 11 is 0. The Hall–Kier alpha value is -2.19. The van der Waals surface area contributed by atoms with Crippen molar-refractivity contribution in [3.8, 4) is 0 Å². The van der Waals surface area contributed by atoms with Crippen LogP contribution in [0.1, 0.15) is 28.9 Å². The maximum Gasteiger partial charge on any atom is 0.285 e. The van der Waals surface area contributed by atoms with Gasteiger partial charge in [-0.3, -0.25) is 14.7 Å². The molecule has 3 heterocycles. The maximum atomic E-state index is 13.0. The van der Waals surface area contributed by atoms with Gasteiger partial charge in [0.15, 0.2) is 5.65 Å². The minimum Gasteiger partial charge on any atom is -0.376 e. The van der Waals surface area contributed by atoms with Crippen LogP contribution >= 0.6 is 0 Å². The molecule has 2 aromatic rings. The molecule has 3 rings (SSSR count). The van der Waals surface area contributed by atoms with E-state index in [4.69, 9.17) is 4.74 Å². The topological polar surface area (TPSA) is 82.9 Å². The van der Waals surface area contributed by atoms with Gasteiger partial charge in [-0.2, -0.15) is 0 Å². The van der Waals surface area contributed by atoms with E-state index in [-0.39, 0.29) is 23.1 Å². The van der Waals surface area contributed by atoms with Crippen molar-refractivity contribution < 1.29 is 9.53 Å². The van der Waals surface area contributed by atoms with Crippen LogP contribution in [0.5, 0.6) is 0 Å². The number of carbonyl (C=O) groups excluding carboxylic acids is 1. The number of hydrogen-bond acceptors (Lipinski definition) is 5. The Morgan fingerprint density at radius 3 is 2.92 bits per heavy atom. The Labute approximate surface area is 146 Å². The zero-order chi connectivity index (χ0) is 18.0. The standard InChI is InChI=1S/C17H25N5O3/c1-12-9-15-18-10-14(17(24)22(15)19-12)16(23)21(7-6-20(2)3)11-13-5-4-8-25-13/h9-10,13,19H,4-8,11H2,1-3H3/t13-/m1/s1. The highest BCUT2D eigenvalue weighted by Crippen LogP contribution is 2.14. The molecule has 8 nitrogen and oxygen atoms in total. The Bertz CT molecular complexity index is 804. The number of aryl methyl sites for hydroxylation is 1. The van der Waals surface area contributed by atoms with E-state index in [1.54, 1.807) is 11.0 Å². The predicted molar refractivity (Wildman–Crippen MR) is 94.0 cm³/mol. The summed E-state index contributed by atoms with van der Waals surface area (Å²) in [6, 6.07) is 1.77. The van der Waals surface area contributed by atoms with Gasteiger partial charge in [0.25, 0.3) is 11.5 Å². The minimum absolute atomic E-state index is 0.0401. The summed E-state index contributed by atoms with van der Waals surface area (Å²) in [5, 5.41) is 2.92. The van der Waals surface area contributed by atoms with E-state index >= 15 is 0 Å². The number of amides is 1. The molecule has 0 radical (unpaired) electrons. The Kier molecular flexibility index (Phi) is 5.19. The molecule has 1 amide bonds. The Morgan fingerprint density at radius 2 is 2.24 bits per heavy atom. The SMILES string of the molecule is Cc1cc2ncc(C(=O)N(CCN(C)C)C[C@H]3CCCO3)c(=O)n2[nH]1. The third-order valence-corrected chi connectivity index (χ3v) is 4.41. The highest BCUT2D eigenvalue weighted by Gasteiger charge is 2.25. The van der Waals surface area contributed by atoms with Gasteiger partial charge >= 0.3 is 0 Å². The Balaban J connectivity index is 1.87. The fourth-order valence-electron chi connectivity index (χ4n) is 3.03. The fourth-order valence-corrected chi connectivity index (χ4v) is 3.03. The van der Waals surface area contributed by atoms with Crippen LogP contribution in [-0.4, -0.2) is 76.7 Å². The monoisotopic (exact) mass is 347 g/mol. The molecule has 1 saturated heterocycles. The van der Waals surface area contributed by atoms with Gasteiger partial charge in [0.2, 0.25) is 0 Å². The van der Waals surface area contributed by atoms with Crippen LogP contribution in [0.25, 0.3) is 5.65 Å². The number of rotatable bonds is 6. The molecule has 0 bridgehead atoms. The first-order valence-electron chi connectivity index (χ1n) is 8.58. The number of carbonyl (C=O) groups is 1. The average molecular weight is 347 g/mol. The third-order valence-electron chi connectivity index (χ3n) is 4.41. The zero-order valence-electron chi connectivity index (χ0n) is 15.0. The minimum atomic E-state index is -0.370. The quantitative estimate of drug-likeness (QED) is 0.823. The first kappa shape index (κ1) is 17.6. The zero-order valence-corrected chi connectivity index (χ0v) is 15.0. The van der Waals surface area contributed by atoms with Gasteiger partial charge in [-0.15, -0.1) is 0 Å². The second-order valence-corrected chi connectivity index (χ2v) is 6.80. The molecule has 1 aliphatic rings. The number of aromatic amines is 1. The largest absolute Gasteiger partial charge is 0.376 e. The number of nitrogens with one attached hydrogen (secondary N) is 1. The van der Waals surface area contributed by atoms with Crippen LogP contribution in [0.4, 0.5) is 0 Å². The molecule has 2 aromatic heterocycles. The summed E-state index contributed by atoms with van der Waals surface area (Å²) in [5.41, 5.74) is 1.04. The normalized spacial score (nSPS) is 17.5. The van der Waals surface area contributed by atoms with Crippen LogP contribution < -0.4 is 5.56 Å².